The Morgan fingerprint density at radius 3 is 2.00 bits per heavy atom. The second kappa shape index (κ2) is 2.46. The lowest BCUT2D eigenvalue weighted by molar-refractivity contribution is 0.0585. The Hall–Kier alpha value is -0.0800. The summed E-state index contributed by atoms with van der Waals surface area (Å²) in [4.78, 5) is 2.33. The van der Waals surface area contributed by atoms with Crippen LogP contribution in [0.4, 0.5) is 0 Å². The maximum absolute atomic E-state index is 3.62. The summed E-state index contributed by atoms with van der Waals surface area (Å²) < 4.78 is 0. The molecule has 1 N–H and O–H groups in total. The minimum atomic E-state index is 0.246. The average Bonchev–Trinajstić information content (AvgIpc) is 1.53. The predicted octanol–water partition coefficient (Wildman–Crippen LogP) is 1.08. The predicted molar refractivity (Wildman–Crippen MR) is 48.8 cm³/mol. The first-order chi connectivity index (χ1) is 4.81. The number of rotatable bonds is 1. The van der Waals surface area contributed by atoms with Gasteiger partial charge in [-0.1, -0.05) is 0 Å². The number of likely N-dealkylation sites (tertiary alicyclic amines) is 1. The van der Waals surface area contributed by atoms with E-state index in [9.17, 15) is 0 Å². The van der Waals surface area contributed by atoms with E-state index >= 15 is 0 Å². The zero-order valence-electron chi connectivity index (χ0n) is 8.36. The monoisotopic (exact) mass is 156 g/mol. The molecule has 0 spiro atoms. The van der Waals surface area contributed by atoms with Crippen molar-refractivity contribution >= 4 is 0 Å². The summed E-state index contributed by atoms with van der Waals surface area (Å²) in [6.07, 6.45) is 0. The number of likely N-dealkylation sites (N-methyl/N-ethyl adjacent to an activating group) is 1. The second-order valence-corrected chi connectivity index (χ2v) is 5.11. The Morgan fingerprint density at radius 2 is 1.73 bits per heavy atom. The highest BCUT2D eigenvalue weighted by Gasteiger charge is 2.38. The smallest absolute Gasteiger partial charge is 0.0412 e. The van der Waals surface area contributed by atoms with Crippen LogP contribution in [0.3, 0.4) is 0 Å². The minimum absolute atomic E-state index is 0.246. The molecule has 1 saturated heterocycles. The molecule has 1 aliphatic rings. The molecule has 0 amide bonds. The van der Waals surface area contributed by atoms with Gasteiger partial charge in [0.05, 0.1) is 0 Å². The fraction of sp³-hybridized carbons (Fsp3) is 1.00. The molecule has 1 rings (SSSR count). The quantitative estimate of drug-likeness (QED) is 0.611. The van der Waals surface area contributed by atoms with E-state index < -0.39 is 0 Å². The van der Waals surface area contributed by atoms with Crippen molar-refractivity contribution in [2.45, 2.75) is 38.8 Å². The van der Waals surface area contributed by atoms with Crippen LogP contribution in [-0.2, 0) is 0 Å². The summed E-state index contributed by atoms with van der Waals surface area (Å²) in [5.74, 6) is 0. The molecule has 11 heavy (non-hydrogen) atoms. The maximum Gasteiger partial charge on any atom is 0.0412 e. The third kappa shape index (κ3) is 2.46. The molecule has 2 heteroatoms. The van der Waals surface area contributed by atoms with Gasteiger partial charge in [-0.05, 0) is 34.7 Å². The van der Waals surface area contributed by atoms with Gasteiger partial charge in [0.25, 0.3) is 0 Å². The number of nitrogens with one attached hydrogen (secondary N) is 1. The molecule has 0 aromatic heterocycles. The van der Waals surface area contributed by atoms with Crippen molar-refractivity contribution < 1.29 is 0 Å². The number of hydrogen-bond acceptors (Lipinski definition) is 2. The fourth-order valence-corrected chi connectivity index (χ4v) is 2.13. The molecular weight excluding hydrogens is 136 g/mol. The molecule has 1 heterocycles. The first-order valence-corrected chi connectivity index (χ1v) is 4.29. The van der Waals surface area contributed by atoms with Gasteiger partial charge in [0.1, 0.15) is 0 Å². The van der Waals surface area contributed by atoms with Crippen LogP contribution < -0.4 is 5.32 Å². The van der Waals surface area contributed by atoms with Gasteiger partial charge in [0, 0.05) is 24.2 Å². The van der Waals surface area contributed by atoms with Gasteiger partial charge in [-0.25, -0.2) is 0 Å². The Morgan fingerprint density at radius 1 is 1.27 bits per heavy atom. The summed E-state index contributed by atoms with van der Waals surface area (Å²) in [6.45, 7) is 11.3. The molecule has 0 unspecified atom stereocenters. The van der Waals surface area contributed by atoms with E-state index in [1.54, 1.807) is 0 Å². The van der Waals surface area contributed by atoms with Crippen LogP contribution in [0.25, 0.3) is 0 Å². The minimum Gasteiger partial charge on any atom is -0.304 e. The number of hydrogen-bond donors (Lipinski definition) is 1. The van der Waals surface area contributed by atoms with Crippen LogP contribution in [0.5, 0.6) is 0 Å². The van der Waals surface area contributed by atoms with E-state index in [0.717, 1.165) is 0 Å². The van der Waals surface area contributed by atoms with Crippen LogP contribution in [0.1, 0.15) is 27.7 Å². The van der Waals surface area contributed by atoms with Crippen LogP contribution in [-0.4, -0.2) is 36.1 Å². The molecular formula is C9H20N2. The van der Waals surface area contributed by atoms with E-state index in [1.807, 2.05) is 0 Å². The van der Waals surface area contributed by atoms with E-state index in [0.29, 0.717) is 5.54 Å². The van der Waals surface area contributed by atoms with Crippen molar-refractivity contribution in [3.8, 4) is 0 Å². The Bertz CT molecular complexity index is 140. The van der Waals surface area contributed by atoms with Crippen molar-refractivity contribution in [2.75, 3.05) is 20.1 Å². The molecule has 0 atom stereocenters. The zero-order valence-corrected chi connectivity index (χ0v) is 8.36. The first kappa shape index (κ1) is 9.01. The Balaban J connectivity index is 2.38. The van der Waals surface area contributed by atoms with E-state index in [2.05, 4.69) is 45.0 Å². The normalized spacial score (nSPS) is 24.8. The third-order valence-corrected chi connectivity index (χ3v) is 1.91. The molecule has 0 aromatic rings. The highest BCUT2D eigenvalue weighted by atomic mass is 15.3. The van der Waals surface area contributed by atoms with Gasteiger partial charge in [0.2, 0.25) is 0 Å². The van der Waals surface area contributed by atoms with E-state index in [4.69, 9.17) is 0 Å². The summed E-state index contributed by atoms with van der Waals surface area (Å²) >= 11 is 0. The van der Waals surface area contributed by atoms with Crippen LogP contribution in [0.2, 0.25) is 0 Å². The molecule has 0 aromatic carbocycles. The van der Waals surface area contributed by atoms with Crippen molar-refractivity contribution in [2.24, 2.45) is 0 Å². The van der Waals surface area contributed by atoms with Crippen molar-refractivity contribution in [1.29, 1.82) is 0 Å². The summed E-state index contributed by atoms with van der Waals surface area (Å²) in [5, 5.41) is 3.62. The fourth-order valence-electron chi connectivity index (χ4n) is 2.13. The Labute approximate surface area is 70.0 Å². The zero-order chi connectivity index (χ0) is 8.70. The van der Waals surface area contributed by atoms with Crippen LogP contribution >= 0.6 is 0 Å². The topological polar surface area (TPSA) is 15.3 Å². The largest absolute Gasteiger partial charge is 0.304 e. The summed E-state index contributed by atoms with van der Waals surface area (Å²) in [5.41, 5.74) is 0.600. The maximum atomic E-state index is 3.62. The summed E-state index contributed by atoms with van der Waals surface area (Å²) in [7, 11) is 2.16. The highest BCUT2D eigenvalue weighted by molar-refractivity contribution is 5.00. The van der Waals surface area contributed by atoms with E-state index in [1.165, 1.54) is 13.1 Å². The molecule has 1 aliphatic heterocycles. The lowest BCUT2D eigenvalue weighted by Gasteiger charge is -2.50. The molecule has 0 saturated carbocycles. The lowest BCUT2D eigenvalue weighted by atomic mass is 9.89. The molecule has 0 aliphatic carbocycles. The van der Waals surface area contributed by atoms with Gasteiger partial charge in [-0.2, -0.15) is 0 Å². The molecule has 0 radical (unpaired) electrons. The van der Waals surface area contributed by atoms with Gasteiger partial charge in [0.15, 0.2) is 0 Å². The van der Waals surface area contributed by atoms with Crippen LogP contribution in [0.15, 0.2) is 0 Å². The third-order valence-electron chi connectivity index (χ3n) is 1.91. The second-order valence-electron chi connectivity index (χ2n) is 5.11. The SMILES string of the molecule is CN1CC(C)(NC(C)(C)C)C1. The van der Waals surface area contributed by atoms with E-state index in [-0.39, 0.29) is 5.54 Å². The van der Waals surface area contributed by atoms with Gasteiger partial charge in [-0.3, -0.25) is 0 Å². The van der Waals surface area contributed by atoms with Crippen molar-refractivity contribution in [1.82, 2.24) is 10.2 Å². The van der Waals surface area contributed by atoms with Gasteiger partial charge < -0.3 is 10.2 Å². The Kier molecular flexibility index (Phi) is 2.01. The molecule has 0 bridgehead atoms. The van der Waals surface area contributed by atoms with Crippen molar-refractivity contribution in [3.05, 3.63) is 0 Å². The van der Waals surface area contributed by atoms with Gasteiger partial charge in [-0.15, -0.1) is 0 Å². The average molecular weight is 156 g/mol. The lowest BCUT2D eigenvalue weighted by Crippen LogP contribution is -2.69. The molecule has 66 valence electrons. The first-order valence-electron chi connectivity index (χ1n) is 4.29. The van der Waals surface area contributed by atoms with Crippen LogP contribution in [0, 0.1) is 0 Å². The molecule has 1 fully saturated rings. The molecule has 2 nitrogen and oxygen atoms in total. The van der Waals surface area contributed by atoms with Gasteiger partial charge >= 0.3 is 0 Å². The summed E-state index contributed by atoms with van der Waals surface area (Å²) in [6, 6.07) is 0. The highest BCUT2D eigenvalue weighted by Crippen LogP contribution is 2.21. The van der Waals surface area contributed by atoms with Crippen molar-refractivity contribution in [3.63, 3.8) is 0 Å². The standard InChI is InChI=1S/C9H20N2/c1-8(2,3)10-9(4)6-11(5)7-9/h10H,6-7H2,1-5H3. The number of nitrogens with zero attached hydrogens (tertiary/aromatic N) is 1.